The minimum atomic E-state index is -0.0944. The van der Waals surface area contributed by atoms with Crippen LogP contribution in [0.5, 0.6) is 0 Å². The van der Waals surface area contributed by atoms with Gasteiger partial charge >= 0.3 is 0 Å². The Morgan fingerprint density at radius 3 is 2.20 bits per heavy atom. The maximum atomic E-state index is 11.1. The van der Waals surface area contributed by atoms with Crippen LogP contribution in [-0.4, -0.2) is 19.6 Å². The van der Waals surface area contributed by atoms with Crippen LogP contribution < -0.4 is 5.32 Å². The molecular weight excluding hydrogens is 190 g/mol. The van der Waals surface area contributed by atoms with E-state index < -0.39 is 0 Å². The highest BCUT2D eigenvalue weighted by Gasteiger charge is 2.17. The van der Waals surface area contributed by atoms with Gasteiger partial charge in [-0.15, -0.1) is 0 Å². The number of amides is 1. The van der Waals surface area contributed by atoms with Gasteiger partial charge in [-0.1, -0.05) is 40.3 Å². The van der Waals surface area contributed by atoms with Gasteiger partial charge < -0.3 is 10.1 Å². The van der Waals surface area contributed by atoms with Crippen molar-refractivity contribution in [3.8, 4) is 0 Å². The summed E-state index contributed by atoms with van der Waals surface area (Å²) in [4.78, 5) is 11.1. The fraction of sp³-hybridized carbons (Fsp3) is 0.583. The average Bonchev–Trinajstić information content (AvgIpc) is 2.33. The Hall–Kier alpha value is -1.25. The van der Waals surface area contributed by atoms with E-state index in [-0.39, 0.29) is 5.91 Å². The highest BCUT2D eigenvalue weighted by Crippen LogP contribution is 2.14. The van der Waals surface area contributed by atoms with Crippen molar-refractivity contribution in [2.75, 3.05) is 13.7 Å². The molecule has 1 amide bonds. The molecular formula is C12H23NO2. The molecule has 88 valence electrons. The third-order valence-corrected chi connectivity index (χ3v) is 1.63. The fourth-order valence-corrected chi connectivity index (χ4v) is 1.06. The molecule has 0 saturated carbocycles. The highest BCUT2D eigenvalue weighted by molar-refractivity contribution is 5.97. The number of ether oxygens (including phenoxy) is 1. The average molecular weight is 213 g/mol. The molecule has 0 aromatic carbocycles. The second-order valence-electron chi connectivity index (χ2n) is 2.25. The molecule has 0 aromatic rings. The first-order valence-corrected chi connectivity index (χ1v) is 5.47. The van der Waals surface area contributed by atoms with Crippen molar-refractivity contribution < 1.29 is 9.53 Å². The monoisotopic (exact) mass is 213 g/mol. The maximum Gasteiger partial charge on any atom is 0.254 e. The summed E-state index contributed by atoms with van der Waals surface area (Å²) in [6.45, 7) is 12.2. The number of carbonyl (C=O) groups excluding carboxylic acids is 1. The van der Waals surface area contributed by atoms with Crippen LogP contribution in [0.2, 0.25) is 0 Å². The lowest BCUT2D eigenvalue weighted by Crippen LogP contribution is -2.31. The van der Waals surface area contributed by atoms with E-state index >= 15 is 0 Å². The topological polar surface area (TPSA) is 38.3 Å². The Kier molecular flexibility index (Phi) is 11.7. The molecule has 0 aliphatic carbocycles. The number of methoxy groups -OCH3 is 1. The zero-order chi connectivity index (χ0) is 12.3. The molecule has 0 bridgehead atoms. The van der Waals surface area contributed by atoms with Gasteiger partial charge in [-0.05, 0) is 0 Å². The first kappa shape index (κ1) is 16.2. The van der Waals surface area contributed by atoms with Crippen LogP contribution in [0.1, 0.15) is 34.1 Å². The summed E-state index contributed by atoms with van der Waals surface area (Å²) >= 11 is 0. The molecule has 0 radical (unpaired) electrons. The van der Waals surface area contributed by atoms with Gasteiger partial charge in [0.1, 0.15) is 5.76 Å². The summed E-state index contributed by atoms with van der Waals surface area (Å²) in [5.41, 5.74) is 0.554. The second-order valence-corrected chi connectivity index (χ2v) is 2.25. The Morgan fingerprint density at radius 1 is 1.33 bits per heavy atom. The van der Waals surface area contributed by atoms with Crippen LogP contribution in [0.4, 0.5) is 0 Å². The largest absolute Gasteiger partial charge is 0.500 e. The number of hydrogen-bond acceptors (Lipinski definition) is 2. The lowest BCUT2D eigenvalue weighted by molar-refractivity contribution is -0.117. The predicted octanol–water partition coefficient (Wildman–Crippen LogP) is 2.65. The number of nitrogens with one attached hydrogen (secondary N) is 1. The zero-order valence-corrected chi connectivity index (χ0v) is 10.5. The molecule has 0 saturated heterocycles. The molecule has 1 N–H and O–H groups in total. The summed E-state index contributed by atoms with van der Waals surface area (Å²) in [6.07, 6.45) is 2.27. The summed E-state index contributed by atoms with van der Waals surface area (Å²) in [5.74, 6) is 0.631. The van der Waals surface area contributed by atoms with Gasteiger partial charge in [0.15, 0.2) is 0 Å². The normalized spacial score (nSPS) is 13.8. The van der Waals surface area contributed by atoms with Crippen molar-refractivity contribution in [3.63, 3.8) is 0 Å². The van der Waals surface area contributed by atoms with Crippen LogP contribution >= 0.6 is 0 Å². The molecule has 1 aliphatic heterocycles. The molecule has 1 rings (SSSR count). The van der Waals surface area contributed by atoms with Crippen LogP contribution in [-0.2, 0) is 9.53 Å². The first-order valence-electron chi connectivity index (χ1n) is 5.47. The Balaban J connectivity index is 0. The van der Waals surface area contributed by atoms with Gasteiger partial charge in [0.05, 0.1) is 12.7 Å². The number of rotatable bonds is 2. The minimum Gasteiger partial charge on any atom is -0.500 e. The van der Waals surface area contributed by atoms with E-state index in [0.717, 1.165) is 12.2 Å². The smallest absolute Gasteiger partial charge is 0.254 e. The fourth-order valence-electron chi connectivity index (χ4n) is 1.06. The van der Waals surface area contributed by atoms with E-state index in [9.17, 15) is 4.79 Å². The standard InChI is InChI=1S/C8H11NO2.2C2H6/c1-3-6-7(11-2)4-5-9-8(6)10;2*1-2/h3H,1,4-5H2,2H3,(H,9,10);2*1-2H3. The zero-order valence-electron chi connectivity index (χ0n) is 10.5. The van der Waals surface area contributed by atoms with E-state index in [1.165, 1.54) is 6.08 Å². The van der Waals surface area contributed by atoms with Gasteiger partial charge in [0, 0.05) is 13.0 Å². The van der Waals surface area contributed by atoms with Crippen molar-refractivity contribution in [1.29, 1.82) is 0 Å². The molecule has 0 spiro atoms. The summed E-state index contributed by atoms with van der Waals surface area (Å²) < 4.78 is 5.01. The molecule has 3 heteroatoms. The van der Waals surface area contributed by atoms with Crippen molar-refractivity contribution in [2.24, 2.45) is 0 Å². The van der Waals surface area contributed by atoms with E-state index in [4.69, 9.17) is 4.74 Å². The number of carbonyl (C=O) groups is 1. The van der Waals surface area contributed by atoms with Crippen molar-refractivity contribution >= 4 is 5.91 Å². The molecule has 3 nitrogen and oxygen atoms in total. The third-order valence-electron chi connectivity index (χ3n) is 1.63. The van der Waals surface area contributed by atoms with Crippen LogP contribution in [0, 0.1) is 0 Å². The molecule has 0 unspecified atom stereocenters. The van der Waals surface area contributed by atoms with E-state index in [1.54, 1.807) is 7.11 Å². The number of hydrogen-bond donors (Lipinski definition) is 1. The molecule has 1 aliphatic rings. The van der Waals surface area contributed by atoms with E-state index in [0.29, 0.717) is 12.1 Å². The van der Waals surface area contributed by atoms with Crippen molar-refractivity contribution in [2.45, 2.75) is 34.1 Å². The molecule has 0 aromatic heterocycles. The Labute approximate surface area is 93.2 Å². The molecule has 15 heavy (non-hydrogen) atoms. The quantitative estimate of drug-likeness (QED) is 0.765. The third kappa shape index (κ3) is 5.25. The molecule has 0 fully saturated rings. The van der Waals surface area contributed by atoms with Crippen LogP contribution in [0.3, 0.4) is 0 Å². The van der Waals surface area contributed by atoms with Crippen molar-refractivity contribution in [1.82, 2.24) is 5.32 Å². The van der Waals surface area contributed by atoms with Gasteiger partial charge in [-0.25, -0.2) is 0 Å². The highest BCUT2D eigenvalue weighted by atomic mass is 16.5. The summed E-state index contributed by atoms with van der Waals surface area (Å²) in [6, 6.07) is 0. The Morgan fingerprint density at radius 2 is 1.87 bits per heavy atom. The van der Waals surface area contributed by atoms with Gasteiger partial charge in [0.25, 0.3) is 5.91 Å². The first-order chi connectivity index (χ1) is 7.29. The second kappa shape index (κ2) is 10.8. The van der Waals surface area contributed by atoms with Crippen molar-refractivity contribution in [3.05, 3.63) is 24.0 Å². The van der Waals surface area contributed by atoms with Crippen LogP contribution in [0.25, 0.3) is 0 Å². The van der Waals surface area contributed by atoms with Gasteiger partial charge in [-0.3, -0.25) is 4.79 Å². The lowest BCUT2D eigenvalue weighted by Gasteiger charge is -2.16. The minimum absolute atomic E-state index is 0.0944. The Bertz CT molecular complexity index is 220. The predicted molar refractivity (Wildman–Crippen MR) is 64.6 cm³/mol. The summed E-state index contributed by atoms with van der Waals surface area (Å²) in [5, 5.41) is 2.70. The van der Waals surface area contributed by atoms with Gasteiger partial charge in [0.2, 0.25) is 0 Å². The van der Waals surface area contributed by atoms with Gasteiger partial charge in [-0.2, -0.15) is 0 Å². The maximum absolute atomic E-state index is 11.1. The van der Waals surface area contributed by atoms with E-state index in [1.807, 2.05) is 27.7 Å². The summed E-state index contributed by atoms with van der Waals surface area (Å²) in [7, 11) is 1.57. The van der Waals surface area contributed by atoms with Crippen LogP contribution in [0.15, 0.2) is 24.0 Å². The SMILES string of the molecule is C=CC1=C(OC)CCNC1=O.CC.CC. The van der Waals surface area contributed by atoms with E-state index in [2.05, 4.69) is 11.9 Å². The lowest BCUT2D eigenvalue weighted by atomic mass is 10.1. The molecule has 0 atom stereocenters. The molecule has 1 heterocycles.